The number of hydrogen-bond acceptors (Lipinski definition) is 6. The lowest BCUT2D eigenvalue weighted by molar-refractivity contribution is 0.192. The van der Waals surface area contributed by atoms with Gasteiger partial charge in [0.2, 0.25) is 0 Å². The lowest BCUT2D eigenvalue weighted by Crippen LogP contribution is -2.36. The van der Waals surface area contributed by atoms with Crippen LogP contribution in [0.2, 0.25) is 0 Å². The van der Waals surface area contributed by atoms with Crippen molar-refractivity contribution in [1.29, 1.82) is 0 Å². The highest BCUT2D eigenvalue weighted by atomic mass is 15.3. The maximum atomic E-state index is 4.71. The van der Waals surface area contributed by atoms with Crippen LogP contribution in [0.25, 0.3) is 11.2 Å². The van der Waals surface area contributed by atoms with Crippen LogP contribution in [0.3, 0.4) is 0 Å². The van der Waals surface area contributed by atoms with Gasteiger partial charge in [-0.3, -0.25) is 9.58 Å². The third-order valence-corrected chi connectivity index (χ3v) is 4.21. The summed E-state index contributed by atoms with van der Waals surface area (Å²) in [5.41, 5.74) is 3.81. The first kappa shape index (κ1) is 15.1. The first-order valence-corrected chi connectivity index (χ1v) is 8.35. The SMILES string of the molecule is CC(C)CN1CCn2nc(CNc3ncnc4nc[nH]c34)cc2C1. The molecule has 3 aromatic rings. The molecule has 0 saturated heterocycles. The van der Waals surface area contributed by atoms with Gasteiger partial charge < -0.3 is 10.3 Å². The predicted molar refractivity (Wildman–Crippen MR) is 91.4 cm³/mol. The number of rotatable bonds is 5. The molecule has 1 aliphatic rings. The van der Waals surface area contributed by atoms with Gasteiger partial charge in [-0.2, -0.15) is 5.10 Å². The second kappa shape index (κ2) is 6.20. The summed E-state index contributed by atoms with van der Waals surface area (Å²) in [4.78, 5) is 18.1. The van der Waals surface area contributed by atoms with Crippen LogP contribution >= 0.6 is 0 Å². The van der Waals surface area contributed by atoms with Crippen molar-refractivity contribution >= 4 is 17.0 Å². The summed E-state index contributed by atoms with van der Waals surface area (Å²) in [6.45, 7) is 9.30. The van der Waals surface area contributed by atoms with Crippen molar-refractivity contribution in [2.24, 2.45) is 5.92 Å². The minimum Gasteiger partial charge on any atom is -0.362 e. The van der Waals surface area contributed by atoms with Crippen LogP contribution in [0.4, 0.5) is 5.82 Å². The monoisotopic (exact) mass is 326 g/mol. The highest BCUT2D eigenvalue weighted by molar-refractivity contribution is 5.81. The molecule has 4 rings (SSSR count). The van der Waals surface area contributed by atoms with Crippen LogP contribution < -0.4 is 5.32 Å². The summed E-state index contributed by atoms with van der Waals surface area (Å²) in [7, 11) is 0. The van der Waals surface area contributed by atoms with E-state index in [9.17, 15) is 0 Å². The van der Waals surface area contributed by atoms with E-state index in [1.54, 1.807) is 6.33 Å². The van der Waals surface area contributed by atoms with Crippen molar-refractivity contribution in [2.45, 2.75) is 33.5 Å². The minimum atomic E-state index is 0.634. The van der Waals surface area contributed by atoms with E-state index in [4.69, 9.17) is 5.10 Å². The van der Waals surface area contributed by atoms with Crippen LogP contribution in [0.5, 0.6) is 0 Å². The number of nitrogens with one attached hydrogen (secondary N) is 2. The van der Waals surface area contributed by atoms with E-state index in [1.807, 2.05) is 0 Å². The number of fused-ring (bicyclic) bond motifs is 2. The average Bonchev–Trinajstić information content (AvgIpc) is 3.18. The van der Waals surface area contributed by atoms with Crippen LogP contribution in [0.15, 0.2) is 18.7 Å². The molecule has 0 saturated carbocycles. The smallest absolute Gasteiger partial charge is 0.182 e. The standard InChI is InChI=1S/C16H22N8/c1-11(2)7-23-3-4-24-13(8-23)5-12(22-24)6-17-15-14-16(19-9-18-14)21-10-20-15/h5,9-11H,3-4,6-8H2,1-2H3,(H2,17,18,19,20,21). The van der Waals surface area contributed by atoms with Crippen molar-refractivity contribution < 1.29 is 0 Å². The Morgan fingerprint density at radius 2 is 2.17 bits per heavy atom. The van der Waals surface area contributed by atoms with Gasteiger partial charge in [-0.25, -0.2) is 15.0 Å². The van der Waals surface area contributed by atoms with Gasteiger partial charge in [-0.05, 0) is 12.0 Å². The first-order chi connectivity index (χ1) is 11.7. The van der Waals surface area contributed by atoms with Gasteiger partial charge >= 0.3 is 0 Å². The number of anilines is 1. The molecule has 0 spiro atoms. The lowest BCUT2D eigenvalue weighted by atomic mass is 10.2. The van der Waals surface area contributed by atoms with E-state index in [0.717, 1.165) is 43.2 Å². The summed E-state index contributed by atoms with van der Waals surface area (Å²) < 4.78 is 2.12. The quantitative estimate of drug-likeness (QED) is 0.741. The molecule has 4 heterocycles. The Bertz CT molecular complexity index is 834. The van der Waals surface area contributed by atoms with Gasteiger partial charge in [0.1, 0.15) is 11.8 Å². The fraction of sp³-hybridized carbons (Fsp3) is 0.500. The van der Waals surface area contributed by atoms with Crippen molar-refractivity contribution in [2.75, 3.05) is 18.4 Å². The Morgan fingerprint density at radius 3 is 3.04 bits per heavy atom. The molecular weight excluding hydrogens is 304 g/mol. The summed E-state index contributed by atoms with van der Waals surface area (Å²) in [5.74, 6) is 1.44. The number of nitrogens with zero attached hydrogens (tertiary/aromatic N) is 6. The molecule has 126 valence electrons. The Morgan fingerprint density at radius 1 is 1.25 bits per heavy atom. The number of hydrogen-bond donors (Lipinski definition) is 2. The summed E-state index contributed by atoms with van der Waals surface area (Å²) >= 11 is 0. The number of imidazole rings is 1. The van der Waals surface area contributed by atoms with Gasteiger partial charge in [-0.15, -0.1) is 0 Å². The first-order valence-electron chi connectivity index (χ1n) is 8.35. The molecule has 0 fully saturated rings. The molecule has 2 N–H and O–H groups in total. The average molecular weight is 326 g/mol. The van der Waals surface area contributed by atoms with E-state index < -0.39 is 0 Å². The van der Waals surface area contributed by atoms with Crippen LogP contribution in [-0.2, 0) is 19.6 Å². The van der Waals surface area contributed by atoms with Gasteiger partial charge in [-0.1, -0.05) is 13.8 Å². The van der Waals surface area contributed by atoms with Crippen molar-refractivity contribution in [1.82, 2.24) is 34.6 Å². The van der Waals surface area contributed by atoms with E-state index in [2.05, 4.69) is 54.7 Å². The summed E-state index contributed by atoms with van der Waals surface area (Å²) in [6.07, 6.45) is 3.15. The molecule has 0 unspecified atom stereocenters. The third kappa shape index (κ3) is 2.96. The van der Waals surface area contributed by atoms with Crippen LogP contribution in [-0.4, -0.2) is 47.7 Å². The molecule has 0 aromatic carbocycles. The zero-order valence-electron chi connectivity index (χ0n) is 14.0. The van der Waals surface area contributed by atoms with Crippen molar-refractivity contribution in [3.63, 3.8) is 0 Å². The topological polar surface area (TPSA) is 87.6 Å². The molecule has 0 aliphatic carbocycles. The normalized spacial score (nSPS) is 15.1. The Labute approximate surface area is 140 Å². The van der Waals surface area contributed by atoms with E-state index in [0.29, 0.717) is 18.1 Å². The number of H-pyrrole nitrogens is 1. The van der Waals surface area contributed by atoms with Crippen LogP contribution in [0, 0.1) is 5.92 Å². The molecule has 0 radical (unpaired) electrons. The summed E-state index contributed by atoms with van der Waals surface area (Å²) in [5, 5.41) is 8.04. The largest absolute Gasteiger partial charge is 0.362 e. The maximum Gasteiger partial charge on any atom is 0.182 e. The van der Waals surface area contributed by atoms with E-state index in [-0.39, 0.29) is 0 Å². The Hall–Kier alpha value is -2.48. The Balaban J connectivity index is 1.45. The second-order valence-corrected chi connectivity index (χ2v) is 6.66. The highest BCUT2D eigenvalue weighted by Crippen LogP contribution is 2.18. The molecule has 24 heavy (non-hydrogen) atoms. The number of aromatic nitrogens is 6. The highest BCUT2D eigenvalue weighted by Gasteiger charge is 2.19. The van der Waals surface area contributed by atoms with Crippen molar-refractivity contribution in [3.8, 4) is 0 Å². The Kier molecular flexibility index (Phi) is 3.89. The second-order valence-electron chi connectivity index (χ2n) is 6.66. The molecule has 0 atom stereocenters. The van der Waals surface area contributed by atoms with E-state index >= 15 is 0 Å². The zero-order chi connectivity index (χ0) is 16.5. The lowest BCUT2D eigenvalue weighted by Gasteiger charge is -2.28. The van der Waals surface area contributed by atoms with Gasteiger partial charge in [0, 0.05) is 19.6 Å². The maximum absolute atomic E-state index is 4.71. The molecule has 3 aromatic heterocycles. The fourth-order valence-electron chi connectivity index (χ4n) is 3.21. The zero-order valence-corrected chi connectivity index (χ0v) is 14.0. The van der Waals surface area contributed by atoms with Gasteiger partial charge in [0.05, 0.1) is 30.8 Å². The molecule has 8 heteroatoms. The van der Waals surface area contributed by atoms with Crippen LogP contribution in [0.1, 0.15) is 25.2 Å². The predicted octanol–water partition coefficient (Wildman–Crippen LogP) is 1.63. The van der Waals surface area contributed by atoms with Crippen molar-refractivity contribution in [3.05, 3.63) is 30.1 Å². The summed E-state index contributed by atoms with van der Waals surface area (Å²) in [6, 6.07) is 2.19. The fourth-order valence-corrected chi connectivity index (χ4v) is 3.21. The molecule has 0 bridgehead atoms. The molecule has 1 aliphatic heterocycles. The molecule has 0 amide bonds. The number of aromatic amines is 1. The third-order valence-electron chi connectivity index (χ3n) is 4.21. The van der Waals surface area contributed by atoms with Gasteiger partial charge in [0.25, 0.3) is 0 Å². The molecule has 8 nitrogen and oxygen atoms in total. The van der Waals surface area contributed by atoms with E-state index in [1.165, 1.54) is 12.0 Å². The van der Waals surface area contributed by atoms with Gasteiger partial charge in [0.15, 0.2) is 11.5 Å². The minimum absolute atomic E-state index is 0.634. The molecular formula is C16H22N8.